The Kier molecular flexibility index (Phi) is 21.1. The van der Waals surface area contributed by atoms with E-state index in [4.69, 9.17) is 28.4 Å². The highest BCUT2D eigenvalue weighted by Gasteiger charge is 2.46. The zero-order valence-electron chi connectivity index (χ0n) is 49.4. The number of H-pyrrole nitrogens is 1. The van der Waals surface area contributed by atoms with Crippen LogP contribution in [-0.2, 0) is 51.8 Å². The summed E-state index contributed by atoms with van der Waals surface area (Å²) < 4.78 is 108. The number of ketones is 1. The Labute approximate surface area is 517 Å². The Morgan fingerprint density at radius 1 is 0.831 bits per heavy atom. The minimum Gasteiger partial charge on any atom is -0.491 e. The summed E-state index contributed by atoms with van der Waals surface area (Å²) in [5.41, 5.74) is 4.08. The van der Waals surface area contributed by atoms with E-state index in [-0.39, 0.29) is 86.6 Å². The maximum Gasteiger partial charge on any atom is 0.301 e. The summed E-state index contributed by atoms with van der Waals surface area (Å²) in [5.74, 6) is -3.78. The molecule has 3 aliphatic rings. The molecule has 25 heteroatoms. The number of amides is 3. The van der Waals surface area contributed by atoms with E-state index in [0.717, 1.165) is 38.0 Å². The summed E-state index contributed by atoms with van der Waals surface area (Å²) >= 11 is 1.62. The van der Waals surface area contributed by atoms with Gasteiger partial charge in [-0.1, -0.05) is 56.3 Å². The molecular formula is C64H70F3N7O13S2. The Morgan fingerprint density at radius 2 is 1.52 bits per heavy atom. The van der Waals surface area contributed by atoms with Gasteiger partial charge in [0, 0.05) is 84.1 Å². The number of alkyl halides is 1. The van der Waals surface area contributed by atoms with Crippen LogP contribution in [-0.4, -0.2) is 171 Å². The predicted octanol–water partition coefficient (Wildman–Crippen LogP) is 8.26. The largest absolute Gasteiger partial charge is 0.491 e. The number of nitrogens with zero attached hydrogens (tertiary/aromatic N) is 4. The molecule has 3 aromatic heterocycles. The molecule has 4 aromatic carbocycles. The molecule has 89 heavy (non-hydrogen) atoms. The van der Waals surface area contributed by atoms with E-state index in [1.54, 1.807) is 64.9 Å². The number of halogens is 3. The number of β-amino-alcohol motifs (C(OH)–C–C–N with tert-alkyl or cyclic N) is 1. The zero-order chi connectivity index (χ0) is 62.8. The van der Waals surface area contributed by atoms with E-state index < -0.39 is 75.7 Å². The average Bonchev–Trinajstić information content (AvgIpc) is 1.78. The van der Waals surface area contributed by atoms with Crippen molar-refractivity contribution in [1.29, 1.82) is 0 Å². The number of ether oxygens (including phenoxy) is 6. The number of benzene rings is 4. The van der Waals surface area contributed by atoms with Crippen molar-refractivity contribution in [2.24, 2.45) is 5.92 Å². The summed E-state index contributed by atoms with van der Waals surface area (Å²) in [7, 11) is -4.38. The summed E-state index contributed by atoms with van der Waals surface area (Å²) in [6.07, 6.45) is 0.638. The van der Waals surface area contributed by atoms with Crippen molar-refractivity contribution in [3.63, 3.8) is 0 Å². The minimum atomic E-state index is -4.38. The number of carbonyl (C=O) groups is 4. The molecule has 3 aliphatic heterocycles. The molecule has 0 radical (unpaired) electrons. The number of aryl methyl sites for hydroxylation is 1. The number of aliphatic hydroxyl groups excluding tert-OH is 1. The number of aromatic amines is 1. The first kappa shape index (κ1) is 64.2. The summed E-state index contributed by atoms with van der Waals surface area (Å²) in [5, 5.41) is 16.1. The van der Waals surface area contributed by atoms with Crippen LogP contribution >= 0.6 is 11.3 Å². The van der Waals surface area contributed by atoms with Gasteiger partial charge in [0.1, 0.15) is 54.4 Å². The third kappa shape index (κ3) is 15.3. The molecular weight excluding hydrogens is 1200 g/mol. The molecule has 6 heterocycles. The number of hydrogen-bond acceptors (Lipinski definition) is 15. The number of fused-ring (bicyclic) bond motifs is 2. The third-order valence-electron chi connectivity index (χ3n) is 15.6. The van der Waals surface area contributed by atoms with Crippen LogP contribution in [0.5, 0.6) is 11.5 Å². The van der Waals surface area contributed by atoms with E-state index >= 15 is 8.78 Å². The van der Waals surface area contributed by atoms with Crippen LogP contribution < -0.4 is 19.5 Å². The highest BCUT2D eigenvalue weighted by molar-refractivity contribution is 7.90. The second-order valence-corrected chi connectivity index (χ2v) is 24.7. The smallest absolute Gasteiger partial charge is 0.301 e. The number of pyridine rings is 1. The van der Waals surface area contributed by atoms with E-state index in [1.165, 1.54) is 11.1 Å². The van der Waals surface area contributed by atoms with Gasteiger partial charge in [-0.3, -0.25) is 23.9 Å². The molecule has 0 bridgehead atoms. The lowest BCUT2D eigenvalue weighted by molar-refractivity contribution is -0.143. The maximum atomic E-state index is 15.7. The standard InChI is InChI=1S/C64H70F3N7O13S2/c1-39(2)58(74-36-44-6-4-5-7-49(44)63(74)78)64(79)73-38-47(75)32-54(73)62(77)70-33-43-9-8-42(60-40(3)17-29-88-60)31-55(43)87-28-26-85-24-22-83-20-19-82-21-23-84-25-27-86-48-12-10-41(11-13-48)45-30-50-51(35-69-61(50)68-34-45)59(76)56-52(66)14-15-53(57(56)67)71-89(80,81)72-18-16-46(65)37-72/h4-15,17,29-31,34-35,39,46-47,54,58,71,75H,16,18-28,32-33,36-38H2,1-3H3,(H,68,69)(H,70,77)/t46-,47-,54+,58+/m1/s1. The van der Waals surface area contributed by atoms with Crippen LogP contribution in [0.3, 0.4) is 0 Å². The zero-order valence-corrected chi connectivity index (χ0v) is 51.0. The normalized spacial score (nSPS) is 17.2. The topological polar surface area (TPSA) is 240 Å². The molecule has 4 N–H and O–H groups in total. The lowest BCUT2D eigenvalue weighted by atomic mass is 10.00. The number of nitrogens with one attached hydrogen (secondary N) is 3. The molecule has 0 aliphatic carbocycles. The van der Waals surface area contributed by atoms with Gasteiger partial charge in [-0.15, -0.1) is 11.3 Å². The fourth-order valence-corrected chi connectivity index (χ4v) is 13.3. The Bertz CT molecular complexity index is 3780. The van der Waals surface area contributed by atoms with E-state index in [9.17, 15) is 37.1 Å². The lowest BCUT2D eigenvalue weighted by Gasteiger charge is -2.35. The average molecular weight is 1270 g/mol. The van der Waals surface area contributed by atoms with E-state index in [1.807, 2.05) is 67.3 Å². The van der Waals surface area contributed by atoms with Gasteiger partial charge in [-0.2, -0.15) is 12.7 Å². The Hall–Kier alpha value is -7.75. The monoisotopic (exact) mass is 1270 g/mol. The first-order chi connectivity index (χ1) is 42.9. The van der Waals surface area contributed by atoms with Crippen LogP contribution in [0.1, 0.15) is 69.7 Å². The van der Waals surface area contributed by atoms with Crippen molar-refractivity contribution < 1.29 is 74.3 Å². The molecule has 20 nitrogen and oxygen atoms in total. The van der Waals surface area contributed by atoms with Crippen molar-refractivity contribution >= 4 is 61.8 Å². The van der Waals surface area contributed by atoms with Gasteiger partial charge in [0.25, 0.3) is 5.91 Å². The predicted molar refractivity (Wildman–Crippen MR) is 327 cm³/mol. The quantitative estimate of drug-likeness (QED) is 0.0245. The summed E-state index contributed by atoms with van der Waals surface area (Å²) in [4.78, 5) is 66.7. The Balaban J connectivity index is 0.607. The molecule has 472 valence electrons. The SMILES string of the molecule is Cc1ccsc1-c1ccc(CNC(=O)[C@@H]2C[C@@H](O)CN2C(=O)[C@H](C(C)C)N2Cc3ccccc3C2=O)c(OCCOCCOCCOCCOCCOc2ccc(-c3cnc4[nH]cc(C(=O)c5c(F)ccc(NS(=O)(=O)N6CC[C@@H](F)C6)c5F)c4c3)cc2)c1. The Morgan fingerprint density at radius 3 is 2.18 bits per heavy atom. The molecule has 10 rings (SSSR count). The highest BCUT2D eigenvalue weighted by atomic mass is 32.2. The van der Waals surface area contributed by atoms with Gasteiger partial charge >= 0.3 is 10.2 Å². The van der Waals surface area contributed by atoms with E-state index in [2.05, 4.69) is 15.3 Å². The van der Waals surface area contributed by atoms with Crippen LogP contribution in [0.4, 0.5) is 18.9 Å². The second kappa shape index (κ2) is 29.3. The van der Waals surface area contributed by atoms with Crippen LogP contribution in [0, 0.1) is 24.5 Å². The molecule has 0 spiro atoms. The molecule has 3 amide bonds. The van der Waals surface area contributed by atoms with Gasteiger partial charge in [-0.05, 0) is 95.4 Å². The number of likely N-dealkylation sites (tertiary alicyclic amines) is 1. The minimum absolute atomic E-state index is 0.0138. The number of hydrogen-bond donors (Lipinski definition) is 4. The number of anilines is 1. The molecule has 7 aromatic rings. The number of rotatable bonds is 30. The molecule has 2 saturated heterocycles. The number of carbonyl (C=O) groups excluding carboxylic acids is 4. The van der Waals surface area contributed by atoms with E-state index in [0.29, 0.717) is 86.5 Å². The van der Waals surface area contributed by atoms with Crippen molar-refractivity contribution in [2.75, 3.05) is 90.4 Å². The van der Waals surface area contributed by atoms with Crippen LogP contribution in [0.2, 0.25) is 0 Å². The van der Waals surface area contributed by atoms with Crippen LogP contribution in [0.15, 0.2) is 109 Å². The summed E-state index contributed by atoms with van der Waals surface area (Å²) in [6.45, 7) is 8.73. The molecule has 4 atom stereocenters. The third-order valence-corrected chi connectivity index (χ3v) is 18.2. The van der Waals surface area contributed by atoms with Gasteiger partial charge in [0.15, 0.2) is 5.82 Å². The molecule has 0 unspecified atom stereocenters. The fraction of sp³-hybridized carbons (Fsp3) is 0.391. The van der Waals surface area contributed by atoms with Gasteiger partial charge in [0.2, 0.25) is 17.6 Å². The molecule has 2 fully saturated rings. The first-order valence-electron chi connectivity index (χ1n) is 29.4. The number of aromatic nitrogens is 2. The maximum absolute atomic E-state index is 15.7. The molecule has 0 saturated carbocycles. The first-order valence-corrected chi connectivity index (χ1v) is 31.7. The lowest BCUT2D eigenvalue weighted by Crippen LogP contribution is -2.55. The van der Waals surface area contributed by atoms with Gasteiger partial charge < -0.3 is 53.6 Å². The van der Waals surface area contributed by atoms with Crippen LogP contribution in [0.25, 0.3) is 32.6 Å². The highest BCUT2D eigenvalue weighted by Crippen LogP contribution is 2.36. The second-order valence-electron chi connectivity index (χ2n) is 22.1. The van der Waals surface area contributed by atoms with Crippen molar-refractivity contribution in [3.8, 4) is 33.1 Å². The number of thiophene rings is 1. The van der Waals surface area contributed by atoms with Crippen molar-refractivity contribution in [1.82, 2.24) is 29.4 Å². The van der Waals surface area contributed by atoms with Gasteiger partial charge in [0.05, 0.1) is 70.2 Å². The van der Waals surface area contributed by atoms with Crippen molar-refractivity contribution in [3.05, 3.63) is 154 Å². The van der Waals surface area contributed by atoms with Crippen molar-refractivity contribution in [2.45, 2.75) is 71.1 Å². The summed E-state index contributed by atoms with van der Waals surface area (Å²) in [6, 6.07) is 23.8. The number of aliphatic hydroxyl groups is 1. The van der Waals surface area contributed by atoms with Gasteiger partial charge in [-0.25, -0.2) is 18.2 Å². The fourth-order valence-electron chi connectivity index (χ4n) is 11.1.